The second-order valence-electron chi connectivity index (χ2n) is 4.69. The molecular formula is C13H13F4NO. The number of alkyl halides is 3. The van der Waals surface area contributed by atoms with Gasteiger partial charge in [0.2, 0.25) is 0 Å². The van der Waals surface area contributed by atoms with Crippen molar-refractivity contribution in [2.75, 3.05) is 6.54 Å². The highest BCUT2D eigenvalue weighted by atomic mass is 19.4. The molecule has 2 rings (SSSR count). The highest BCUT2D eigenvalue weighted by Gasteiger charge is 2.35. The van der Waals surface area contributed by atoms with Gasteiger partial charge in [-0.15, -0.1) is 0 Å². The molecule has 2 unspecified atom stereocenters. The molecule has 2 atom stereocenters. The molecule has 1 heterocycles. The van der Waals surface area contributed by atoms with E-state index < -0.39 is 17.6 Å². The summed E-state index contributed by atoms with van der Waals surface area (Å²) < 4.78 is 50.6. The highest BCUT2D eigenvalue weighted by Crippen LogP contribution is 2.32. The lowest BCUT2D eigenvalue weighted by atomic mass is 9.91. The van der Waals surface area contributed by atoms with Crippen LogP contribution >= 0.6 is 0 Å². The average Bonchev–Trinajstić information content (AvgIpc) is 2.72. The minimum Gasteiger partial charge on any atom is -0.313 e. The Hall–Kier alpha value is -1.43. The van der Waals surface area contributed by atoms with Crippen molar-refractivity contribution in [1.29, 1.82) is 0 Å². The van der Waals surface area contributed by atoms with Crippen molar-refractivity contribution in [3.63, 3.8) is 0 Å². The number of Topliss-reactive ketones (excluding diaryl/α,β-unsaturated/α-hetero) is 1. The fraction of sp³-hybridized carbons (Fsp3) is 0.462. The number of nitrogens with one attached hydrogen (secondary N) is 1. The zero-order valence-electron chi connectivity index (χ0n) is 10.2. The van der Waals surface area contributed by atoms with Gasteiger partial charge in [0, 0.05) is 17.5 Å². The van der Waals surface area contributed by atoms with Crippen molar-refractivity contribution in [2.45, 2.75) is 25.6 Å². The minimum atomic E-state index is -4.74. The predicted octanol–water partition coefficient (Wildman–Crippen LogP) is 3.03. The third kappa shape index (κ3) is 2.78. The number of carbonyl (C=O) groups excluding carboxylic acids is 1. The van der Waals surface area contributed by atoms with E-state index in [0.717, 1.165) is 6.07 Å². The Morgan fingerprint density at radius 1 is 1.37 bits per heavy atom. The Labute approximate surface area is 107 Å². The zero-order valence-corrected chi connectivity index (χ0v) is 10.2. The van der Waals surface area contributed by atoms with Crippen molar-refractivity contribution < 1.29 is 22.4 Å². The topological polar surface area (TPSA) is 29.1 Å². The van der Waals surface area contributed by atoms with Crippen LogP contribution in [0.25, 0.3) is 0 Å². The van der Waals surface area contributed by atoms with Crippen LogP contribution in [0, 0.1) is 11.7 Å². The molecule has 19 heavy (non-hydrogen) atoms. The Kier molecular flexibility index (Phi) is 3.62. The maximum Gasteiger partial charge on any atom is 0.419 e. The summed E-state index contributed by atoms with van der Waals surface area (Å²) in [5.74, 6) is -2.03. The van der Waals surface area contributed by atoms with E-state index in [2.05, 4.69) is 5.32 Å². The summed E-state index contributed by atoms with van der Waals surface area (Å²) in [4.78, 5) is 12.1. The standard InChI is InChI=1S/C13H13F4NO/c1-7-9(4-5-18-7)12(19)8-2-3-10(11(14)6-8)13(15,16)17/h2-3,6-7,9,18H,4-5H2,1H3. The van der Waals surface area contributed by atoms with E-state index in [0.29, 0.717) is 25.1 Å². The van der Waals surface area contributed by atoms with Crippen molar-refractivity contribution in [3.05, 3.63) is 35.1 Å². The van der Waals surface area contributed by atoms with Crippen LogP contribution in [0.1, 0.15) is 29.3 Å². The normalized spacial score (nSPS) is 23.6. The van der Waals surface area contributed by atoms with Crippen LogP contribution in [0.3, 0.4) is 0 Å². The largest absolute Gasteiger partial charge is 0.419 e. The van der Waals surface area contributed by atoms with E-state index in [1.165, 1.54) is 0 Å². The SMILES string of the molecule is CC1NCCC1C(=O)c1ccc(C(F)(F)F)c(F)c1. The predicted molar refractivity (Wildman–Crippen MR) is 61.3 cm³/mol. The summed E-state index contributed by atoms with van der Waals surface area (Å²) in [7, 11) is 0. The van der Waals surface area contributed by atoms with Gasteiger partial charge in [-0.2, -0.15) is 13.2 Å². The lowest BCUT2D eigenvalue weighted by Gasteiger charge is -2.15. The third-order valence-electron chi connectivity index (χ3n) is 3.42. The second kappa shape index (κ2) is 4.92. The summed E-state index contributed by atoms with van der Waals surface area (Å²) in [5.41, 5.74) is -1.35. The maximum atomic E-state index is 13.4. The quantitative estimate of drug-likeness (QED) is 0.664. The maximum absolute atomic E-state index is 13.4. The third-order valence-corrected chi connectivity index (χ3v) is 3.42. The molecule has 2 nitrogen and oxygen atoms in total. The van der Waals surface area contributed by atoms with Crippen LogP contribution in [-0.4, -0.2) is 18.4 Å². The fourth-order valence-electron chi connectivity index (χ4n) is 2.33. The molecule has 0 saturated carbocycles. The van der Waals surface area contributed by atoms with E-state index >= 15 is 0 Å². The molecule has 1 fully saturated rings. The molecule has 0 amide bonds. The molecule has 1 aromatic carbocycles. The van der Waals surface area contributed by atoms with Crippen LogP contribution < -0.4 is 5.32 Å². The van der Waals surface area contributed by atoms with Gasteiger partial charge in [0.15, 0.2) is 5.78 Å². The number of rotatable bonds is 2. The van der Waals surface area contributed by atoms with Crippen molar-refractivity contribution >= 4 is 5.78 Å². The van der Waals surface area contributed by atoms with E-state index in [1.54, 1.807) is 0 Å². The molecule has 1 saturated heterocycles. The summed E-state index contributed by atoms with van der Waals surface area (Å²) in [5, 5.41) is 3.08. The van der Waals surface area contributed by atoms with Gasteiger partial charge in [0.1, 0.15) is 5.82 Å². The van der Waals surface area contributed by atoms with E-state index in [-0.39, 0.29) is 23.3 Å². The number of carbonyl (C=O) groups is 1. The molecular weight excluding hydrogens is 262 g/mol. The molecule has 0 aromatic heterocycles. The van der Waals surface area contributed by atoms with E-state index in [1.807, 2.05) is 6.92 Å². The van der Waals surface area contributed by atoms with Gasteiger partial charge < -0.3 is 5.32 Å². The van der Waals surface area contributed by atoms with Gasteiger partial charge in [-0.3, -0.25) is 4.79 Å². The fourth-order valence-corrected chi connectivity index (χ4v) is 2.33. The first kappa shape index (κ1) is 14.0. The number of halogens is 4. The summed E-state index contributed by atoms with van der Waals surface area (Å²) in [6.45, 7) is 2.51. The Morgan fingerprint density at radius 2 is 2.05 bits per heavy atom. The molecule has 1 aliphatic heterocycles. The lowest BCUT2D eigenvalue weighted by molar-refractivity contribution is -0.140. The Bertz CT molecular complexity index is 498. The Morgan fingerprint density at radius 3 is 2.53 bits per heavy atom. The first-order valence-electron chi connectivity index (χ1n) is 5.95. The average molecular weight is 275 g/mol. The molecule has 0 radical (unpaired) electrons. The van der Waals surface area contributed by atoms with Crippen molar-refractivity contribution in [3.8, 4) is 0 Å². The first-order valence-corrected chi connectivity index (χ1v) is 5.95. The molecule has 104 valence electrons. The van der Waals surface area contributed by atoms with Crippen LogP contribution in [0.15, 0.2) is 18.2 Å². The van der Waals surface area contributed by atoms with Crippen molar-refractivity contribution in [1.82, 2.24) is 5.32 Å². The number of ketones is 1. The number of benzene rings is 1. The van der Waals surface area contributed by atoms with Crippen molar-refractivity contribution in [2.24, 2.45) is 5.92 Å². The smallest absolute Gasteiger partial charge is 0.313 e. The number of hydrogen-bond acceptors (Lipinski definition) is 2. The second-order valence-corrected chi connectivity index (χ2v) is 4.69. The minimum absolute atomic E-state index is 0.00829. The molecule has 6 heteroatoms. The van der Waals surface area contributed by atoms with Gasteiger partial charge in [-0.1, -0.05) is 6.07 Å². The van der Waals surface area contributed by atoms with E-state index in [4.69, 9.17) is 0 Å². The van der Waals surface area contributed by atoms with Gasteiger partial charge in [0.05, 0.1) is 5.56 Å². The zero-order chi connectivity index (χ0) is 14.2. The van der Waals surface area contributed by atoms with Gasteiger partial charge in [-0.25, -0.2) is 4.39 Å². The van der Waals surface area contributed by atoms with Crippen LogP contribution in [0.4, 0.5) is 17.6 Å². The van der Waals surface area contributed by atoms with Gasteiger partial charge >= 0.3 is 6.18 Å². The molecule has 1 aromatic rings. The summed E-state index contributed by atoms with van der Waals surface area (Å²) >= 11 is 0. The monoisotopic (exact) mass is 275 g/mol. The van der Waals surface area contributed by atoms with Crippen LogP contribution in [0.2, 0.25) is 0 Å². The van der Waals surface area contributed by atoms with E-state index in [9.17, 15) is 22.4 Å². The molecule has 0 aliphatic carbocycles. The molecule has 0 spiro atoms. The number of hydrogen-bond donors (Lipinski definition) is 1. The molecule has 1 aliphatic rings. The first-order chi connectivity index (χ1) is 8.80. The lowest BCUT2D eigenvalue weighted by Crippen LogP contribution is -2.28. The van der Waals surface area contributed by atoms with Gasteiger partial charge in [0.25, 0.3) is 0 Å². The van der Waals surface area contributed by atoms with Crippen LogP contribution in [-0.2, 0) is 6.18 Å². The molecule has 0 bridgehead atoms. The molecule has 1 N–H and O–H groups in total. The highest BCUT2D eigenvalue weighted by molar-refractivity contribution is 5.98. The Balaban J connectivity index is 2.27. The summed E-state index contributed by atoms with van der Waals surface area (Å²) in [6, 6.07) is 2.29. The van der Waals surface area contributed by atoms with Gasteiger partial charge in [-0.05, 0) is 32.0 Å². The summed E-state index contributed by atoms with van der Waals surface area (Å²) in [6.07, 6.45) is -4.13. The van der Waals surface area contributed by atoms with Crippen LogP contribution in [0.5, 0.6) is 0 Å².